The number of carboxylic acids is 1. The molecule has 0 saturated heterocycles. The van der Waals surface area contributed by atoms with Crippen molar-refractivity contribution in [1.29, 1.82) is 0 Å². The molecule has 0 unspecified atom stereocenters. The van der Waals surface area contributed by atoms with E-state index in [9.17, 15) is 9.59 Å². The molecular formula is C6H7NO3. The molecule has 0 aliphatic carbocycles. The number of rotatable bonds is 2. The zero-order valence-electron chi connectivity index (χ0n) is 5.47. The minimum absolute atomic E-state index is 0.381. The van der Waals surface area contributed by atoms with Gasteiger partial charge in [0.25, 0.3) is 5.91 Å². The first-order valence-corrected chi connectivity index (χ1v) is 2.59. The second-order valence-electron chi connectivity index (χ2n) is 1.45. The highest BCUT2D eigenvalue weighted by atomic mass is 16.4. The van der Waals surface area contributed by atoms with Crippen LogP contribution in [0.2, 0.25) is 0 Å². The van der Waals surface area contributed by atoms with Crippen molar-refractivity contribution in [3.8, 4) is 11.8 Å². The molecule has 2 N–H and O–H groups in total. The van der Waals surface area contributed by atoms with E-state index in [0.29, 0.717) is 0 Å². The molecule has 0 aromatic rings. The van der Waals surface area contributed by atoms with Gasteiger partial charge in [-0.05, 0) is 12.8 Å². The Balaban J connectivity index is 3.57. The average Bonchev–Trinajstić information content (AvgIpc) is 1.85. The predicted molar refractivity (Wildman–Crippen MR) is 34.1 cm³/mol. The minimum Gasteiger partial charge on any atom is -0.480 e. The molecule has 0 aromatic heterocycles. The topological polar surface area (TPSA) is 66.4 Å². The first-order valence-electron chi connectivity index (χ1n) is 2.59. The molecule has 4 heteroatoms. The van der Waals surface area contributed by atoms with Crippen LogP contribution in [0.15, 0.2) is 0 Å². The first kappa shape index (κ1) is 8.50. The zero-order valence-corrected chi connectivity index (χ0v) is 5.47. The van der Waals surface area contributed by atoms with E-state index in [1.807, 2.05) is 0 Å². The quantitative estimate of drug-likeness (QED) is 0.495. The first-order chi connectivity index (χ1) is 4.66. The van der Waals surface area contributed by atoms with Crippen LogP contribution < -0.4 is 5.32 Å². The Morgan fingerprint density at radius 2 is 2.20 bits per heavy atom. The standard InChI is InChI=1S/C6H7NO3/c1-2-3-5(8)7-4-6(9)10/h4H2,1H3,(H,7,8)(H,9,10). The summed E-state index contributed by atoms with van der Waals surface area (Å²) in [6.45, 7) is 1.12. The molecule has 10 heavy (non-hydrogen) atoms. The Kier molecular flexibility index (Phi) is 3.73. The van der Waals surface area contributed by atoms with Gasteiger partial charge in [0.15, 0.2) is 0 Å². The summed E-state index contributed by atoms with van der Waals surface area (Å²) in [6.07, 6.45) is 0. The van der Waals surface area contributed by atoms with Crippen molar-refractivity contribution in [2.24, 2.45) is 0 Å². The van der Waals surface area contributed by atoms with E-state index in [1.165, 1.54) is 6.92 Å². The Hall–Kier alpha value is -1.50. The highest BCUT2D eigenvalue weighted by Gasteiger charge is 1.97. The second kappa shape index (κ2) is 4.39. The molecule has 0 aliphatic rings. The Morgan fingerprint density at radius 3 is 2.60 bits per heavy atom. The fourth-order valence-corrected chi connectivity index (χ4v) is 0.314. The van der Waals surface area contributed by atoms with Gasteiger partial charge in [-0.1, -0.05) is 5.92 Å². The lowest BCUT2D eigenvalue weighted by atomic mass is 10.5. The molecule has 54 valence electrons. The van der Waals surface area contributed by atoms with Crippen molar-refractivity contribution in [3.05, 3.63) is 0 Å². The van der Waals surface area contributed by atoms with E-state index in [0.717, 1.165) is 0 Å². The van der Waals surface area contributed by atoms with E-state index in [2.05, 4.69) is 17.2 Å². The molecule has 0 saturated carbocycles. The normalized spacial score (nSPS) is 7.30. The predicted octanol–water partition coefficient (Wildman–Crippen LogP) is -0.790. The van der Waals surface area contributed by atoms with Crippen LogP contribution >= 0.6 is 0 Å². The lowest BCUT2D eigenvalue weighted by Gasteiger charge is -1.91. The van der Waals surface area contributed by atoms with Crippen molar-refractivity contribution in [2.75, 3.05) is 6.54 Å². The maximum Gasteiger partial charge on any atom is 0.323 e. The smallest absolute Gasteiger partial charge is 0.323 e. The van der Waals surface area contributed by atoms with E-state index in [-0.39, 0.29) is 6.54 Å². The Bertz CT molecular complexity index is 199. The number of hydrogen-bond acceptors (Lipinski definition) is 2. The summed E-state index contributed by atoms with van der Waals surface area (Å²) in [6, 6.07) is 0. The van der Waals surface area contributed by atoms with Crippen molar-refractivity contribution >= 4 is 11.9 Å². The van der Waals surface area contributed by atoms with Crippen LogP contribution in [-0.2, 0) is 9.59 Å². The lowest BCUT2D eigenvalue weighted by Crippen LogP contribution is -2.27. The fraction of sp³-hybridized carbons (Fsp3) is 0.333. The molecule has 4 nitrogen and oxygen atoms in total. The van der Waals surface area contributed by atoms with Crippen molar-refractivity contribution in [1.82, 2.24) is 5.32 Å². The molecule has 1 amide bonds. The van der Waals surface area contributed by atoms with Gasteiger partial charge in [-0.2, -0.15) is 0 Å². The molecular weight excluding hydrogens is 134 g/mol. The molecule has 0 radical (unpaired) electrons. The van der Waals surface area contributed by atoms with Gasteiger partial charge in [-0.3, -0.25) is 9.59 Å². The number of nitrogens with one attached hydrogen (secondary N) is 1. The van der Waals surface area contributed by atoms with Crippen molar-refractivity contribution < 1.29 is 14.7 Å². The van der Waals surface area contributed by atoms with Gasteiger partial charge in [-0.25, -0.2) is 0 Å². The molecule has 0 rings (SSSR count). The average molecular weight is 141 g/mol. The molecule has 0 aromatic carbocycles. The van der Waals surface area contributed by atoms with Crippen LogP contribution in [0.1, 0.15) is 6.92 Å². The van der Waals surface area contributed by atoms with Crippen LogP contribution in [0.25, 0.3) is 0 Å². The summed E-state index contributed by atoms with van der Waals surface area (Å²) in [5.74, 6) is 2.83. The van der Waals surface area contributed by atoms with Crippen LogP contribution in [0, 0.1) is 11.8 Å². The van der Waals surface area contributed by atoms with Crippen LogP contribution in [0.4, 0.5) is 0 Å². The number of aliphatic carboxylic acids is 1. The number of carbonyl (C=O) groups is 2. The third kappa shape index (κ3) is 4.65. The van der Waals surface area contributed by atoms with Gasteiger partial charge < -0.3 is 10.4 Å². The fourth-order valence-electron chi connectivity index (χ4n) is 0.314. The summed E-state index contributed by atoms with van der Waals surface area (Å²) in [7, 11) is 0. The van der Waals surface area contributed by atoms with E-state index >= 15 is 0 Å². The summed E-state index contributed by atoms with van der Waals surface area (Å²) in [5, 5.41) is 10.1. The lowest BCUT2D eigenvalue weighted by molar-refractivity contribution is -0.137. The summed E-state index contributed by atoms with van der Waals surface area (Å²) in [4.78, 5) is 20.2. The molecule has 0 aliphatic heterocycles. The monoisotopic (exact) mass is 141 g/mol. The Labute approximate surface area is 58.2 Å². The molecule has 0 spiro atoms. The number of carbonyl (C=O) groups excluding carboxylic acids is 1. The number of hydrogen-bond donors (Lipinski definition) is 2. The molecule has 0 heterocycles. The highest BCUT2D eigenvalue weighted by Crippen LogP contribution is 1.62. The number of carboxylic acid groups (broad SMARTS) is 1. The second-order valence-corrected chi connectivity index (χ2v) is 1.45. The largest absolute Gasteiger partial charge is 0.480 e. The maximum atomic E-state index is 10.4. The molecule has 0 fully saturated rings. The van der Waals surface area contributed by atoms with Crippen molar-refractivity contribution in [3.63, 3.8) is 0 Å². The summed E-state index contributed by atoms with van der Waals surface area (Å²) < 4.78 is 0. The van der Waals surface area contributed by atoms with Gasteiger partial charge in [-0.15, -0.1) is 0 Å². The molecule has 0 bridgehead atoms. The van der Waals surface area contributed by atoms with Crippen LogP contribution in [0.3, 0.4) is 0 Å². The van der Waals surface area contributed by atoms with Gasteiger partial charge in [0.2, 0.25) is 0 Å². The van der Waals surface area contributed by atoms with Crippen LogP contribution in [-0.4, -0.2) is 23.5 Å². The van der Waals surface area contributed by atoms with E-state index < -0.39 is 11.9 Å². The summed E-state index contributed by atoms with van der Waals surface area (Å²) in [5.41, 5.74) is 0. The van der Waals surface area contributed by atoms with Crippen LogP contribution in [0.5, 0.6) is 0 Å². The van der Waals surface area contributed by atoms with E-state index in [1.54, 1.807) is 0 Å². The Morgan fingerprint density at radius 1 is 1.60 bits per heavy atom. The van der Waals surface area contributed by atoms with Gasteiger partial charge in [0.05, 0.1) is 0 Å². The minimum atomic E-state index is -1.08. The maximum absolute atomic E-state index is 10.4. The van der Waals surface area contributed by atoms with Crippen molar-refractivity contribution in [2.45, 2.75) is 6.92 Å². The van der Waals surface area contributed by atoms with Gasteiger partial charge >= 0.3 is 5.97 Å². The van der Waals surface area contributed by atoms with Gasteiger partial charge in [0, 0.05) is 0 Å². The highest BCUT2D eigenvalue weighted by molar-refractivity contribution is 5.95. The molecule has 0 atom stereocenters. The zero-order chi connectivity index (χ0) is 7.98. The third-order valence-electron chi connectivity index (χ3n) is 0.639. The third-order valence-corrected chi connectivity index (χ3v) is 0.639. The number of amides is 1. The summed E-state index contributed by atoms with van der Waals surface area (Å²) >= 11 is 0. The van der Waals surface area contributed by atoms with Gasteiger partial charge in [0.1, 0.15) is 6.54 Å². The SMILES string of the molecule is CC#CC(=O)NCC(=O)O. The van der Waals surface area contributed by atoms with E-state index in [4.69, 9.17) is 5.11 Å².